The number of nitriles is 1. The zero-order valence-electron chi connectivity index (χ0n) is 5.40. The lowest BCUT2D eigenvalue weighted by Gasteiger charge is -1.90. The average Bonchev–Trinajstić information content (AvgIpc) is 2.05. The molecule has 0 atom stereocenters. The number of nitrogens with zero attached hydrogens (tertiary/aromatic N) is 3. The minimum absolute atomic E-state index is 0.220. The van der Waals surface area contributed by atoms with Crippen molar-refractivity contribution in [3.63, 3.8) is 0 Å². The molecule has 0 aliphatic rings. The van der Waals surface area contributed by atoms with Crippen molar-refractivity contribution in [3.8, 4) is 6.07 Å². The van der Waals surface area contributed by atoms with Crippen LogP contribution in [0.15, 0.2) is 17.3 Å². The predicted molar refractivity (Wildman–Crippen MR) is 38.5 cm³/mol. The quantitative estimate of drug-likeness (QED) is 0.563. The van der Waals surface area contributed by atoms with E-state index in [4.69, 9.17) is 5.26 Å². The maximum atomic E-state index is 8.32. The number of thioether (sulfide) groups is 1. The van der Waals surface area contributed by atoms with Crippen molar-refractivity contribution in [3.05, 3.63) is 18.2 Å². The van der Waals surface area contributed by atoms with Crippen LogP contribution in [0.4, 0.5) is 0 Å². The molecule has 0 aromatic carbocycles. The molecule has 4 heteroatoms. The van der Waals surface area contributed by atoms with Crippen LogP contribution in [0.5, 0.6) is 0 Å². The molecule has 1 heterocycles. The van der Waals surface area contributed by atoms with Gasteiger partial charge in [-0.3, -0.25) is 0 Å². The fourth-order valence-electron chi connectivity index (χ4n) is 0.479. The van der Waals surface area contributed by atoms with Crippen molar-refractivity contribution in [2.75, 3.05) is 6.26 Å². The smallest absolute Gasteiger partial charge is 0.226 e. The van der Waals surface area contributed by atoms with Crippen molar-refractivity contribution in [1.29, 1.82) is 5.26 Å². The topological polar surface area (TPSA) is 49.6 Å². The lowest BCUT2D eigenvalue weighted by atomic mass is 10.6. The summed E-state index contributed by atoms with van der Waals surface area (Å²) in [6.07, 6.45) is 5.21. The number of hydrogen-bond donors (Lipinski definition) is 0. The Morgan fingerprint density at radius 3 is 2.50 bits per heavy atom. The van der Waals surface area contributed by atoms with Crippen molar-refractivity contribution in [2.24, 2.45) is 0 Å². The van der Waals surface area contributed by atoms with E-state index in [9.17, 15) is 0 Å². The van der Waals surface area contributed by atoms with Crippen LogP contribution in [0.2, 0.25) is 0 Å². The van der Waals surface area contributed by atoms with Gasteiger partial charge in [0, 0.05) is 17.3 Å². The van der Waals surface area contributed by atoms with Crippen LogP contribution < -0.4 is 0 Å². The first kappa shape index (κ1) is 7.03. The van der Waals surface area contributed by atoms with Crippen LogP contribution in [0.25, 0.3) is 0 Å². The fourth-order valence-corrected chi connectivity index (χ4v) is 0.796. The number of rotatable bonds is 1. The number of hydrogen-bond acceptors (Lipinski definition) is 4. The van der Waals surface area contributed by atoms with Gasteiger partial charge in [-0.25, -0.2) is 9.97 Å². The largest absolute Gasteiger partial charge is 0.232 e. The first-order valence-corrected chi connectivity index (χ1v) is 3.85. The molecule has 1 rings (SSSR count). The summed E-state index contributed by atoms with van der Waals surface area (Å²) in [6, 6.07) is 1.85. The van der Waals surface area contributed by atoms with Crippen LogP contribution in [0, 0.1) is 11.3 Å². The van der Waals surface area contributed by atoms with Gasteiger partial charge in [0.15, 0.2) is 0 Å². The van der Waals surface area contributed by atoms with Gasteiger partial charge in [0.25, 0.3) is 0 Å². The molecule has 0 N–H and O–H groups in total. The molecular formula is C6H5N3S. The molecular weight excluding hydrogens is 146 g/mol. The summed E-state index contributed by atoms with van der Waals surface area (Å²) in [4.78, 5) is 8.52. The zero-order valence-corrected chi connectivity index (χ0v) is 6.22. The summed E-state index contributed by atoms with van der Waals surface area (Å²) in [5, 5.41) is 8.32. The summed E-state index contributed by atoms with van der Waals surface area (Å²) in [7, 11) is 0. The van der Waals surface area contributed by atoms with Crippen LogP contribution in [0.1, 0.15) is 5.82 Å². The van der Waals surface area contributed by atoms with Gasteiger partial charge in [0.2, 0.25) is 5.82 Å². The maximum Gasteiger partial charge on any atom is 0.232 e. The maximum absolute atomic E-state index is 8.32. The van der Waals surface area contributed by atoms with Crippen molar-refractivity contribution < 1.29 is 0 Å². The summed E-state index contributed by atoms with van der Waals surface area (Å²) in [6.45, 7) is 0. The normalized spacial score (nSPS) is 8.80. The van der Waals surface area contributed by atoms with E-state index in [-0.39, 0.29) is 5.82 Å². The standard InChI is InChI=1S/C6H5N3S/c1-10-5-3-8-6(2-7)9-4-5/h3-4H,1H3. The van der Waals surface area contributed by atoms with Crippen LogP contribution in [-0.2, 0) is 0 Å². The van der Waals surface area contributed by atoms with Gasteiger partial charge in [-0.15, -0.1) is 11.8 Å². The average molecular weight is 151 g/mol. The van der Waals surface area contributed by atoms with E-state index in [1.165, 1.54) is 0 Å². The SMILES string of the molecule is CSc1cnc(C#N)nc1. The van der Waals surface area contributed by atoms with Gasteiger partial charge in [-0.05, 0) is 6.26 Å². The Morgan fingerprint density at radius 2 is 2.10 bits per heavy atom. The Hall–Kier alpha value is -1.08. The molecule has 0 saturated heterocycles. The van der Waals surface area contributed by atoms with Crippen LogP contribution in [0.3, 0.4) is 0 Å². The highest BCUT2D eigenvalue weighted by atomic mass is 32.2. The van der Waals surface area contributed by atoms with E-state index in [0.717, 1.165) is 4.90 Å². The third kappa shape index (κ3) is 1.45. The Kier molecular flexibility index (Phi) is 2.24. The molecule has 1 aromatic heterocycles. The highest BCUT2D eigenvalue weighted by molar-refractivity contribution is 7.98. The molecule has 3 nitrogen and oxygen atoms in total. The molecule has 50 valence electrons. The molecule has 1 aromatic rings. The van der Waals surface area contributed by atoms with E-state index in [1.54, 1.807) is 24.2 Å². The van der Waals surface area contributed by atoms with E-state index < -0.39 is 0 Å². The summed E-state index contributed by atoms with van der Waals surface area (Å²) in [5.74, 6) is 0.220. The lowest BCUT2D eigenvalue weighted by Crippen LogP contribution is -1.86. The van der Waals surface area contributed by atoms with Crippen molar-refractivity contribution in [2.45, 2.75) is 4.90 Å². The Labute approximate surface area is 63.1 Å². The zero-order chi connectivity index (χ0) is 7.40. The van der Waals surface area contributed by atoms with E-state index in [1.807, 2.05) is 12.3 Å². The van der Waals surface area contributed by atoms with Crippen LogP contribution in [-0.4, -0.2) is 16.2 Å². The summed E-state index contributed by atoms with van der Waals surface area (Å²) in [5.41, 5.74) is 0. The lowest BCUT2D eigenvalue weighted by molar-refractivity contribution is 1.06. The summed E-state index contributed by atoms with van der Waals surface area (Å²) < 4.78 is 0. The molecule has 0 aliphatic carbocycles. The van der Waals surface area contributed by atoms with Gasteiger partial charge < -0.3 is 0 Å². The fraction of sp³-hybridized carbons (Fsp3) is 0.167. The second-order valence-corrected chi connectivity index (χ2v) is 2.44. The first-order valence-electron chi connectivity index (χ1n) is 2.63. The molecule has 0 radical (unpaired) electrons. The van der Waals surface area contributed by atoms with Gasteiger partial charge in [-0.1, -0.05) is 0 Å². The third-order valence-corrected chi connectivity index (χ3v) is 1.65. The molecule has 0 fully saturated rings. The van der Waals surface area contributed by atoms with Gasteiger partial charge in [0.1, 0.15) is 6.07 Å². The van der Waals surface area contributed by atoms with E-state index in [2.05, 4.69) is 9.97 Å². The molecule has 0 aliphatic heterocycles. The minimum atomic E-state index is 0.220. The predicted octanol–water partition coefficient (Wildman–Crippen LogP) is 1.07. The molecule has 0 amide bonds. The second-order valence-electron chi connectivity index (χ2n) is 1.56. The molecule has 0 saturated carbocycles. The van der Waals surface area contributed by atoms with Crippen molar-refractivity contribution in [1.82, 2.24) is 9.97 Å². The molecule has 0 spiro atoms. The first-order chi connectivity index (χ1) is 4.86. The Bertz CT molecular complexity index is 249. The number of aromatic nitrogens is 2. The second kappa shape index (κ2) is 3.18. The minimum Gasteiger partial charge on any atom is -0.226 e. The summed E-state index contributed by atoms with van der Waals surface area (Å²) >= 11 is 1.55. The Morgan fingerprint density at radius 1 is 1.50 bits per heavy atom. The van der Waals surface area contributed by atoms with Gasteiger partial charge in [0.05, 0.1) is 0 Å². The molecule has 0 bridgehead atoms. The monoisotopic (exact) mass is 151 g/mol. The van der Waals surface area contributed by atoms with E-state index >= 15 is 0 Å². The van der Waals surface area contributed by atoms with Gasteiger partial charge in [-0.2, -0.15) is 5.26 Å². The highest BCUT2D eigenvalue weighted by Gasteiger charge is 1.92. The third-order valence-electron chi connectivity index (χ3n) is 0.964. The highest BCUT2D eigenvalue weighted by Crippen LogP contribution is 2.09. The van der Waals surface area contributed by atoms with Crippen molar-refractivity contribution >= 4 is 11.8 Å². The Balaban J connectivity index is 2.93. The molecule has 10 heavy (non-hydrogen) atoms. The molecule has 0 unspecified atom stereocenters. The van der Waals surface area contributed by atoms with E-state index in [0.29, 0.717) is 0 Å². The van der Waals surface area contributed by atoms with Crippen LogP contribution >= 0.6 is 11.8 Å². The van der Waals surface area contributed by atoms with Gasteiger partial charge >= 0.3 is 0 Å².